The van der Waals surface area contributed by atoms with Gasteiger partial charge in [0.05, 0.1) is 30.8 Å². The van der Waals surface area contributed by atoms with Gasteiger partial charge in [-0.15, -0.1) is 0 Å². The molecular weight excluding hydrogens is 390 g/mol. The first kappa shape index (κ1) is 20.0. The first-order valence-electron chi connectivity index (χ1n) is 11.1. The van der Waals surface area contributed by atoms with Crippen LogP contribution in [0.5, 0.6) is 0 Å². The molecule has 2 aliphatic heterocycles. The van der Waals surface area contributed by atoms with Crippen molar-refractivity contribution in [1.82, 2.24) is 14.9 Å². The summed E-state index contributed by atoms with van der Waals surface area (Å²) in [5, 5.41) is 3.04. The Kier molecular flexibility index (Phi) is 5.86. The van der Waals surface area contributed by atoms with Gasteiger partial charge in [0.15, 0.2) is 0 Å². The van der Waals surface area contributed by atoms with Gasteiger partial charge in [0.1, 0.15) is 5.82 Å². The highest BCUT2D eigenvalue weighted by Gasteiger charge is 2.24. The number of nitrogens with one attached hydrogen (secondary N) is 2. The number of amides is 1. The van der Waals surface area contributed by atoms with Crippen LogP contribution in [0.1, 0.15) is 24.6 Å². The van der Waals surface area contributed by atoms with E-state index < -0.39 is 0 Å². The summed E-state index contributed by atoms with van der Waals surface area (Å²) in [4.78, 5) is 25.3. The fourth-order valence-corrected chi connectivity index (χ4v) is 4.51. The maximum atomic E-state index is 12.5. The smallest absolute Gasteiger partial charge is 0.238 e. The normalized spacial score (nSPS) is 18.4. The van der Waals surface area contributed by atoms with E-state index in [9.17, 15) is 4.79 Å². The van der Waals surface area contributed by atoms with Gasteiger partial charge in [-0.3, -0.25) is 9.69 Å². The third kappa shape index (κ3) is 4.73. The summed E-state index contributed by atoms with van der Waals surface area (Å²) in [7, 11) is 0. The van der Waals surface area contributed by atoms with Gasteiger partial charge in [0.2, 0.25) is 5.91 Å². The Hall–Kier alpha value is -2.90. The van der Waals surface area contributed by atoms with Crippen LogP contribution >= 0.6 is 0 Å². The molecule has 0 radical (unpaired) electrons. The first-order valence-corrected chi connectivity index (χ1v) is 11.1. The molecule has 2 N–H and O–H groups in total. The summed E-state index contributed by atoms with van der Waals surface area (Å²) >= 11 is 0. The molecule has 0 atom stereocenters. The average Bonchev–Trinajstić information content (AvgIpc) is 3.25. The quantitative estimate of drug-likeness (QED) is 0.664. The molecule has 162 valence electrons. The summed E-state index contributed by atoms with van der Waals surface area (Å²) < 4.78 is 5.41. The molecule has 0 bridgehead atoms. The zero-order chi connectivity index (χ0) is 21.0. The van der Waals surface area contributed by atoms with E-state index >= 15 is 0 Å². The number of morpholine rings is 1. The fraction of sp³-hybridized carbons (Fsp3) is 0.417. The van der Waals surface area contributed by atoms with Crippen LogP contribution in [-0.2, 0) is 9.53 Å². The van der Waals surface area contributed by atoms with Crippen molar-refractivity contribution in [3.05, 3.63) is 54.4 Å². The highest BCUT2D eigenvalue weighted by molar-refractivity contribution is 5.92. The van der Waals surface area contributed by atoms with Crippen LogP contribution in [0.15, 0.2) is 48.5 Å². The Morgan fingerprint density at radius 2 is 1.77 bits per heavy atom. The molecule has 0 aliphatic carbocycles. The van der Waals surface area contributed by atoms with E-state index in [1.807, 2.05) is 30.3 Å². The number of fused-ring (bicyclic) bond motifs is 1. The Morgan fingerprint density at radius 1 is 1.03 bits per heavy atom. The number of para-hydroxylation sites is 2. The number of rotatable bonds is 5. The van der Waals surface area contributed by atoms with Crippen LogP contribution in [0, 0.1) is 0 Å². The Morgan fingerprint density at radius 3 is 2.52 bits per heavy atom. The number of carbonyl (C=O) groups is 1. The molecule has 5 rings (SSSR count). The molecule has 31 heavy (non-hydrogen) atoms. The zero-order valence-electron chi connectivity index (χ0n) is 17.7. The van der Waals surface area contributed by atoms with Crippen molar-refractivity contribution in [2.45, 2.75) is 18.8 Å². The number of anilines is 2. The number of ether oxygens (including phenoxy) is 1. The molecule has 0 spiro atoms. The number of aromatic amines is 1. The van der Waals surface area contributed by atoms with Crippen molar-refractivity contribution in [3.8, 4) is 0 Å². The van der Waals surface area contributed by atoms with Crippen LogP contribution in [-0.4, -0.2) is 66.7 Å². The SMILES string of the molecule is O=C(CN1CCC(c2nc3ccccc3[nH]2)CC1)Nc1ccc(N2CCOCC2)cc1. The van der Waals surface area contributed by atoms with Crippen molar-refractivity contribution < 1.29 is 9.53 Å². The number of hydrogen-bond acceptors (Lipinski definition) is 5. The van der Waals surface area contributed by atoms with E-state index in [-0.39, 0.29) is 5.91 Å². The first-order chi connectivity index (χ1) is 15.2. The van der Waals surface area contributed by atoms with E-state index in [1.54, 1.807) is 0 Å². The summed E-state index contributed by atoms with van der Waals surface area (Å²) in [5.41, 5.74) is 4.14. The molecule has 2 aliphatic rings. The minimum absolute atomic E-state index is 0.0429. The number of H-pyrrole nitrogens is 1. The molecular formula is C24H29N5O2. The van der Waals surface area contributed by atoms with Gasteiger partial charge in [-0.1, -0.05) is 12.1 Å². The second-order valence-corrected chi connectivity index (χ2v) is 8.38. The van der Waals surface area contributed by atoms with Gasteiger partial charge in [-0.05, 0) is 62.3 Å². The molecule has 2 saturated heterocycles. The van der Waals surface area contributed by atoms with E-state index in [1.165, 1.54) is 5.69 Å². The van der Waals surface area contributed by atoms with E-state index in [4.69, 9.17) is 9.72 Å². The number of benzene rings is 2. The van der Waals surface area contributed by atoms with Crippen LogP contribution in [0.2, 0.25) is 0 Å². The van der Waals surface area contributed by atoms with Crippen molar-refractivity contribution in [2.24, 2.45) is 0 Å². The van der Waals surface area contributed by atoms with E-state index in [0.717, 1.165) is 74.8 Å². The third-order valence-electron chi connectivity index (χ3n) is 6.28. The molecule has 2 fully saturated rings. The standard InChI is InChI=1S/C24H29N5O2/c30-23(25-19-5-7-20(8-6-19)29-13-15-31-16-14-29)17-28-11-9-18(10-12-28)24-26-21-3-1-2-4-22(21)27-24/h1-8,18H,9-17H2,(H,25,30)(H,26,27). The number of carbonyl (C=O) groups excluding carboxylic acids is 1. The van der Waals surface area contributed by atoms with Gasteiger partial charge >= 0.3 is 0 Å². The van der Waals surface area contributed by atoms with Crippen LogP contribution in [0.4, 0.5) is 11.4 Å². The minimum Gasteiger partial charge on any atom is -0.378 e. The van der Waals surface area contributed by atoms with Crippen molar-refractivity contribution in [2.75, 3.05) is 56.2 Å². The largest absolute Gasteiger partial charge is 0.378 e. The topological polar surface area (TPSA) is 73.5 Å². The zero-order valence-corrected chi connectivity index (χ0v) is 17.7. The van der Waals surface area contributed by atoms with Crippen molar-refractivity contribution >= 4 is 28.3 Å². The van der Waals surface area contributed by atoms with Gasteiger partial charge in [0, 0.05) is 30.4 Å². The Bertz CT molecular complexity index is 985. The Balaban J connectivity index is 1.10. The molecule has 7 nitrogen and oxygen atoms in total. The number of likely N-dealkylation sites (tertiary alicyclic amines) is 1. The van der Waals surface area contributed by atoms with Gasteiger partial charge in [-0.25, -0.2) is 4.98 Å². The molecule has 2 aromatic carbocycles. The van der Waals surface area contributed by atoms with Crippen molar-refractivity contribution in [3.63, 3.8) is 0 Å². The number of aromatic nitrogens is 2. The molecule has 0 unspecified atom stereocenters. The lowest BCUT2D eigenvalue weighted by atomic mass is 9.96. The van der Waals surface area contributed by atoms with Crippen LogP contribution in [0.3, 0.4) is 0 Å². The molecule has 1 aromatic heterocycles. The second kappa shape index (κ2) is 9.08. The molecule has 1 amide bonds. The molecule has 7 heteroatoms. The second-order valence-electron chi connectivity index (χ2n) is 8.38. The van der Waals surface area contributed by atoms with Gasteiger partial charge in [0.25, 0.3) is 0 Å². The highest BCUT2D eigenvalue weighted by Crippen LogP contribution is 2.27. The number of nitrogens with zero attached hydrogens (tertiary/aromatic N) is 3. The fourth-order valence-electron chi connectivity index (χ4n) is 4.51. The molecule has 0 saturated carbocycles. The summed E-state index contributed by atoms with van der Waals surface area (Å²) in [6, 6.07) is 16.3. The van der Waals surface area contributed by atoms with E-state index in [0.29, 0.717) is 12.5 Å². The van der Waals surface area contributed by atoms with Gasteiger partial charge < -0.3 is 19.9 Å². The lowest BCUT2D eigenvalue weighted by Crippen LogP contribution is -2.39. The lowest BCUT2D eigenvalue weighted by Gasteiger charge is -2.30. The highest BCUT2D eigenvalue weighted by atomic mass is 16.5. The lowest BCUT2D eigenvalue weighted by molar-refractivity contribution is -0.117. The summed E-state index contributed by atoms with van der Waals surface area (Å²) in [6.07, 6.45) is 2.03. The predicted octanol–water partition coefficient (Wildman–Crippen LogP) is 3.22. The monoisotopic (exact) mass is 419 g/mol. The number of imidazole rings is 1. The van der Waals surface area contributed by atoms with Gasteiger partial charge in [-0.2, -0.15) is 0 Å². The summed E-state index contributed by atoms with van der Waals surface area (Å²) in [5.74, 6) is 1.55. The maximum absolute atomic E-state index is 12.5. The number of piperidine rings is 1. The minimum atomic E-state index is 0.0429. The maximum Gasteiger partial charge on any atom is 0.238 e. The Labute approximate surface area is 182 Å². The molecule has 3 heterocycles. The summed E-state index contributed by atoms with van der Waals surface area (Å²) in [6.45, 7) is 5.61. The molecule has 3 aromatic rings. The van der Waals surface area contributed by atoms with E-state index in [2.05, 4.69) is 38.3 Å². The van der Waals surface area contributed by atoms with Crippen LogP contribution in [0.25, 0.3) is 11.0 Å². The third-order valence-corrected chi connectivity index (χ3v) is 6.28. The van der Waals surface area contributed by atoms with Crippen molar-refractivity contribution in [1.29, 1.82) is 0 Å². The van der Waals surface area contributed by atoms with Crippen LogP contribution < -0.4 is 10.2 Å². The predicted molar refractivity (Wildman–Crippen MR) is 123 cm³/mol. The average molecular weight is 420 g/mol. The number of hydrogen-bond donors (Lipinski definition) is 2.